The van der Waals surface area contributed by atoms with Crippen molar-refractivity contribution in [2.45, 2.75) is 6.92 Å². The molecule has 23 heavy (non-hydrogen) atoms. The van der Waals surface area contributed by atoms with Crippen molar-refractivity contribution < 1.29 is 24.2 Å². The molecule has 0 radical (unpaired) electrons. The summed E-state index contributed by atoms with van der Waals surface area (Å²) in [6.45, 7) is 2.59. The van der Waals surface area contributed by atoms with Gasteiger partial charge < -0.3 is 9.72 Å². The molecule has 4 aromatic rings. The molecule has 0 amide bonds. The van der Waals surface area contributed by atoms with E-state index >= 15 is 0 Å². The molecular formula is C18H15N3OZn. The van der Waals surface area contributed by atoms with Gasteiger partial charge in [-0.1, -0.05) is 30.3 Å². The van der Waals surface area contributed by atoms with Crippen LogP contribution < -0.4 is 4.74 Å². The standard InChI is InChI=1S/C18H15N3O.Zn/c1-2-22-16-9-5-6-12-10-11-15(19-17(12)16)18-20-13-7-3-4-8-14(13)21-18;/h3-11H,2H2,1H3,(H,20,21);. The summed E-state index contributed by atoms with van der Waals surface area (Å²) in [4.78, 5) is 12.7. The van der Waals surface area contributed by atoms with Crippen LogP contribution in [0.5, 0.6) is 5.75 Å². The summed E-state index contributed by atoms with van der Waals surface area (Å²) in [5.41, 5.74) is 3.63. The number of ether oxygens (including phenoxy) is 1. The van der Waals surface area contributed by atoms with Crippen molar-refractivity contribution in [3.05, 3.63) is 54.6 Å². The summed E-state index contributed by atoms with van der Waals surface area (Å²) < 4.78 is 5.68. The predicted octanol–water partition coefficient (Wildman–Crippen LogP) is 4.17. The molecule has 0 unspecified atom stereocenters. The molecule has 110 valence electrons. The molecule has 0 aliphatic rings. The maximum atomic E-state index is 5.68. The second-order valence-electron chi connectivity index (χ2n) is 5.06. The molecule has 0 saturated carbocycles. The molecule has 0 aliphatic heterocycles. The van der Waals surface area contributed by atoms with E-state index in [-0.39, 0.29) is 19.5 Å². The molecule has 0 fully saturated rings. The average Bonchev–Trinajstić information content (AvgIpc) is 2.99. The van der Waals surface area contributed by atoms with E-state index in [9.17, 15) is 0 Å². The smallest absolute Gasteiger partial charge is 0.157 e. The van der Waals surface area contributed by atoms with Crippen molar-refractivity contribution in [2.75, 3.05) is 6.61 Å². The number of fused-ring (bicyclic) bond motifs is 2. The number of nitrogens with zero attached hydrogens (tertiary/aromatic N) is 2. The van der Waals surface area contributed by atoms with Crippen LogP contribution in [0.4, 0.5) is 0 Å². The van der Waals surface area contributed by atoms with E-state index in [4.69, 9.17) is 9.72 Å². The zero-order valence-corrected chi connectivity index (χ0v) is 15.9. The Kier molecular flexibility index (Phi) is 4.40. The topological polar surface area (TPSA) is 50.8 Å². The van der Waals surface area contributed by atoms with Gasteiger partial charge in [0.15, 0.2) is 5.82 Å². The van der Waals surface area contributed by atoms with Crippen LogP contribution >= 0.6 is 0 Å². The predicted molar refractivity (Wildman–Crippen MR) is 88.0 cm³/mol. The van der Waals surface area contributed by atoms with Gasteiger partial charge in [0.25, 0.3) is 0 Å². The molecule has 2 heterocycles. The molecule has 2 aromatic heterocycles. The van der Waals surface area contributed by atoms with Gasteiger partial charge in [-0.25, -0.2) is 9.97 Å². The minimum Gasteiger partial charge on any atom is -0.492 e. The second kappa shape index (κ2) is 6.47. The van der Waals surface area contributed by atoms with E-state index in [0.717, 1.165) is 39.2 Å². The van der Waals surface area contributed by atoms with Gasteiger partial charge in [-0.3, -0.25) is 0 Å². The van der Waals surface area contributed by atoms with E-state index in [1.807, 2.05) is 61.5 Å². The van der Waals surface area contributed by atoms with Crippen LogP contribution in [0.15, 0.2) is 54.6 Å². The van der Waals surface area contributed by atoms with Gasteiger partial charge in [0.05, 0.1) is 17.6 Å². The van der Waals surface area contributed by atoms with Crippen LogP contribution in [-0.4, -0.2) is 21.6 Å². The number of aromatic amines is 1. The maximum absolute atomic E-state index is 5.68. The van der Waals surface area contributed by atoms with Gasteiger partial charge in [0, 0.05) is 24.9 Å². The first kappa shape index (κ1) is 15.6. The molecule has 0 spiro atoms. The number of para-hydroxylation sites is 3. The van der Waals surface area contributed by atoms with Crippen molar-refractivity contribution in [3.63, 3.8) is 0 Å². The van der Waals surface area contributed by atoms with Gasteiger partial charge in [-0.15, -0.1) is 0 Å². The molecule has 2 aromatic carbocycles. The average molecular weight is 355 g/mol. The van der Waals surface area contributed by atoms with Crippen LogP contribution in [0.25, 0.3) is 33.5 Å². The Bertz CT molecular complexity index is 932. The third kappa shape index (κ3) is 2.84. The number of hydrogen-bond acceptors (Lipinski definition) is 3. The zero-order valence-electron chi connectivity index (χ0n) is 12.9. The molecule has 5 heteroatoms. The number of rotatable bonds is 3. The fourth-order valence-electron chi connectivity index (χ4n) is 2.60. The number of pyridine rings is 1. The van der Waals surface area contributed by atoms with E-state index in [0.29, 0.717) is 6.61 Å². The normalized spacial score (nSPS) is 10.7. The van der Waals surface area contributed by atoms with Crippen molar-refractivity contribution in [3.8, 4) is 17.3 Å². The molecule has 0 bridgehead atoms. The Labute approximate surface area is 146 Å². The number of benzene rings is 2. The van der Waals surface area contributed by atoms with Gasteiger partial charge in [-0.05, 0) is 31.2 Å². The Morgan fingerprint density at radius 2 is 1.83 bits per heavy atom. The molecule has 0 atom stereocenters. The quantitative estimate of drug-likeness (QED) is 0.562. The van der Waals surface area contributed by atoms with E-state index in [1.165, 1.54) is 0 Å². The molecule has 0 saturated heterocycles. The minimum atomic E-state index is 0. The summed E-state index contributed by atoms with van der Waals surface area (Å²) in [5.74, 6) is 1.58. The third-order valence-corrected chi connectivity index (χ3v) is 3.62. The fourth-order valence-corrected chi connectivity index (χ4v) is 2.60. The largest absolute Gasteiger partial charge is 0.492 e. The van der Waals surface area contributed by atoms with Crippen molar-refractivity contribution in [1.82, 2.24) is 15.0 Å². The first-order valence-corrected chi connectivity index (χ1v) is 7.33. The Hall–Kier alpha value is -2.26. The second-order valence-corrected chi connectivity index (χ2v) is 5.06. The minimum absolute atomic E-state index is 0. The summed E-state index contributed by atoms with van der Waals surface area (Å²) in [5, 5.41) is 1.06. The number of hydrogen-bond donors (Lipinski definition) is 1. The summed E-state index contributed by atoms with van der Waals surface area (Å²) >= 11 is 0. The van der Waals surface area contributed by atoms with Crippen LogP contribution in [0.1, 0.15) is 6.92 Å². The van der Waals surface area contributed by atoms with E-state index in [1.54, 1.807) is 0 Å². The third-order valence-electron chi connectivity index (χ3n) is 3.62. The van der Waals surface area contributed by atoms with Crippen LogP contribution in [0, 0.1) is 0 Å². The van der Waals surface area contributed by atoms with Crippen LogP contribution in [-0.2, 0) is 19.5 Å². The first-order valence-electron chi connectivity index (χ1n) is 7.33. The van der Waals surface area contributed by atoms with E-state index < -0.39 is 0 Å². The van der Waals surface area contributed by atoms with Gasteiger partial charge >= 0.3 is 0 Å². The van der Waals surface area contributed by atoms with Gasteiger partial charge in [-0.2, -0.15) is 0 Å². The van der Waals surface area contributed by atoms with Crippen LogP contribution in [0.3, 0.4) is 0 Å². The molecular weight excluding hydrogens is 340 g/mol. The molecule has 1 N–H and O–H groups in total. The monoisotopic (exact) mass is 353 g/mol. The van der Waals surface area contributed by atoms with Crippen molar-refractivity contribution in [2.24, 2.45) is 0 Å². The van der Waals surface area contributed by atoms with Crippen molar-refractivity contribution in [1.29, 1.82) is 0 Å². The number of aromatic nitrogens is 3. The van der Waals surface area contributed by atoms with E-state index in [2.05, 4.69) is 9.97 Å². The first-order chi connectivity index (χ1) is 10.8. The number of H-pyrrole nitrogens is 1. The summed E-state index contributed by atoms with van der Waals surface area (Å²) in [7, 11) is 0. The Morgan fingerprint density at radius 3 is 2.65 bits per heavy atom. The summed E-state index contributed by atoms with van der Waals surface area (Å²) in [6, 6.07) is 18.0. The van der Waals surface area contributed by atoms with Crippen LogP contribution in [0.2, 0.25) is 0 Å². The van der Waals surface area contributed by atoms with Gasteiger partial charge in [0.1, 0.15) is 17.0 Å². The fraction of sp³-hybridized carbons (Fsp3) is 0.111. The number of nitrogens with one attached hydrogen (secondary N) is 1. The Morgan fingerprint density at radius 1 is 0.957 bits per heavy atom. The molecule has 0 aliphatic carbocycles. The Balaban J connectivity index is 0.00000156. The molecule has 4 nitrogen and oxygen atoms in total. The van der Waals surface area contributed by atoms with Crippen molar-refractivity contribution >= 4 is 21.9 Å². The summed E-state index contributed by atoms with van der Waals surface area (Å²) in [6.07, 6.45) is 0. The SMILES string of the molecule is CCOc1cccc2ccc(-c3nc4ccccc4[nH]3)nc12.[Zn]. The molecule has 4 rings (SSSR count). The number of imidazole rings is 1. The zero-order chi connectivity index (χ0) is 14.9. The van der Waals surface area contributed by atoms with Gasteiger partial charge in [0.2, 0.25) is 0 Å². The maximum Gasteiger partial charge on any atom is 0.157 e.